The lowest BCUT2D eigenvalue weighted by Crippen LogP contribution is -2.13. The van der Waals surface area contributed by atoms with Gasteiger partial charge in [-0.25, -0.2) is 4.98 Å². The molecule has 4 aromatic rings. The summed E-state index contributed by atoms with van der Waals surface area (Å²) in [6.07, 6.45) is 0.418. The minimum atomic E-state index is -0.171. The second-order valence-corrected chi connectivity index (χ2v) is 6.99. The van der Waals surface area contributed by atoms with Gasteiger partial charge >= 0.3 is 0 Å². The molecule has 3 heterocycles. The Hall–Kier alpha value is -2.51. The Labute approximate surface area is 152 Å². The van der Waals surface area contributed by atoms with Crippen LogP contribution in [0.3, 0.4) is 0 Å². The number of aromatic amines is 1. The van der Waals surface area contributed by atoms with Gasteiger partial charge in [0.2, 0.25) is 0 Å². The number of nitrogens with one attached hydrogen (secondary N) is 1. The van der Waals surface area contributed by atoms with Gasteiger partial charge in [-0.3, -0.25) is 4.79 Å². The summed E-state index contributed by atoms with van der Waals surface area (Å²) >= 11 is 7.71. The molecule has 6 nitrogen and oxygen atoms in total. The highest BCUT2D eigenvalue weighted by atomic mass is 35.5. The van der Waals surface area contributed by atoms with Gasteiger partial charge in [0.15, 0.2) is 0 Å². The molecule has 0 unspecified atom stereocenters. The number of hydrogen-bond acceptors (Lipinski definition) is 5. The number of rotatable bonds is 3. The van der Waals surface area contributed by atoms with Crippen LogP contribution in [0.25, 0.3) is 21.3 Å². The van der Waals surface area contributed by atoms with Crippen LogP contribution < -0.4 is 5.56 Å². The molecule has 3 aromatic heterocycles. The molecule has 0 saturated carbocycles. The summed E-state index contributed by atoms with van der Waals surface area (Å²) in [7, 11) is 1.89. The summed E-state index contributed by atoms with van der Waals surface area (Å²) in [5, 5.41) is 11.3. The second-order valence-electron chi connectivity index (χ2n) is 5.72. The molecule has 0 spiro atoms. The number of thiophene rings is 1. The molecule has 0 atom stereocenters. The first-order chi connectivity index (χ1) is 12.0. The number of benzene rings is 1. The van der Waals surface area contributed by atoms with Crippen molar-refractivity contribution >= 4 is 33.2 Å². The van der Waals surface area contributed by atoms with Crippen LogP contribution in [0.4, 0.5) is 0 Å². The van der Waals surface area contributed by atoms with Crippen LogP contribution in [-0.2, 0) is 13.5 Å². The number of aromatic nitrogens is 5. The van der Waals surface area contributed by atoms with Crippen LogP contribution in [0.15, 0.2) is 34.4 Å². The van der Waals surface area contributed by atoms with Crippen molar-refractivity contribution in [3.8, 4) is 11.1 Å². The van der Waals surface area contributed by atoms with Crippen LogP contribution in [0.5, 0.6) is 0 Å². The summed E-state index contributed by atoms with van der Waals surface area (Å²) in [4.78, 5) is 20.8. The number of H-pyrrole nitrogens is 1. The van der Waals surface area contributed by atoms with E-state index in [4.69, 9.17) is 11.6 Å². The van der Waals surface area contributed by atoms with Gasteiger partial charge in [-0.2, -0.15) is 0 Å². The fourth-order valence-electron chi connectivity index (χ4n) is 2.71. The van der Waals surface area contributed by atoms with Crippen LogP contribution in [0, 0.1) is 6.92 Å². The third-order valence-electron chi connectivity index (χ3n) is 4.17. The van der Waals surface area contributed by atoms with Gasteiger partial charge in [0.25, 0.3) is 5.56 Å². The summed E-state index contributed by atoms with van der Waals surface area (Å²) < 4.78 is 1.88. The Balaban J connectivity index is 1.81. The summed E-state index contributed by atoms with van der Waals surface area (Å²) in [6.45, 7) is 1.88. The zero-order chi connectivity index (χ0) is 17.6. The molecule has 8 heteroatoms. The summed E-state index contributed by atoms with van der Waals surface area (Å²) in [6, 6.07) is 7.48. The average molecular weight is 372 g/mol. The SMILES string of the molecule is Cc1nnc(Cc2nc3scc(-c4ccccc4Cl)c3c(=O)[nH]2)n1C. The fourth-order valence-corrected chi connectivity index (χ4v) is 3.91. The van der Waals surface area contributed by atoms with E-state index < -0.39 is 0 Å². The number of nitrogens with zero attached hydrogens (tertiary/aromatic N) is 4. The molecule has 0 amide bonds. The van der Waals surface area contributed by atoms with Crippen LogP contribution in [-0.4, -0.2) is 24.7 Å². The maximum Gasteiger partial charge on any atom is 0.260 e. The summed E-state index contributed by atoms with van der Waals surface area (Å²) in [5.74, 6) is 2.14. The van der Waals surface area contributed by atoms with Crippen molar-refractivity contribution in [3.63, 3.8) is 0 Å². The van der Waals surface area contributed by atoms with Gasteiger partial charge in [0.1, 0.15) is 22.3 Å². The van der Waals surface area contributed by atoms with E-state index in [1.807, 2.05) is 48.2 Å². The van der Waals surface area contributed by atoms with Crippen molar-refractivity contribution in [1.29, 1.82) is 0 Å². The Bertz CT molecular complexity index is 1140. The van der Waals surface area contributed by atoms with E-state index in [9.17, 15) is 4.79 Å². The molecular formula is C17H14ClN5OS. The Morgan fingerprint density at radius 1 is 1.24 bits per heavy atom. The van der Waals surface area contributed by atoms with Crippen molar-refractivity contribution < 1.29 is 0 Å². The minimum absolute atomic E-state index is 0.171. The quantitative estimate of drug-likeness (QED) is 0.599. The van der Waals surface area contributed by atoms with Crippen LogP contribution in [0.2, 0.25) is 5.02 Å². The number of aryl methyl sites for hydroxylation is 1. The molecule has 0 aliphatic heterocycles. The lowest BCUT2D eigenvalue weighted by Gasteiger charge is -2.04. The number of hydrogen-bond donors (Lipinski definition) is 1. The smallest absolute Gasteiger partial charge is 0.260 e. The predicted octanol–water partition coefficient (Wildman–Crippen LogP) is 3.33. The molecule has 1 aromatic carbocycles. The third kappa shape index (κ3) is 2.75. The topological polar surface area (TPSA) is 76.5 Å². The Morgan fingerprint density at radius 2 is 2.04 bits per heavy atom. The van der Waals surface area contributed by atoms with E-state index in [1.54, 1.807) is 0 Å². The van der Waals surface area contributed by atoms with Crippen molar-refractivity contribution in [2.24, 2.45) is 7.05 Å². The Kier molecular flexibility index (Phi) is 3.89. The first-order valence-corrected chi connectivity index (χ1v) is 8.90. The number of fused-ring (bicyclic) bond motifs is 1. The summed E-state index contributed by atoms with van der Waals surface area (Å²) in [5.41, 5.74) is 1.47. The molecular weight excluding hydrogens is 358 g/mol. The molecule has 0 fully saturated rings. The van der Waals surface area contributed by atoms with Gasteiger partial charge in [-0.05, 0) is 13.0 Å². The molecule has 0 radical (unpaired) electrons. The standard InChI is InChI=1S/C17H14ClN5OS/c1-9-21-22-14(23(9)2)7-13-19-16(24)15-11(8-25-17(15)20-13)10-5-3-4-6-12(10)18/h3-6,8H,7H2,1-2H3,(H,19,20,24). The Morgan fingerprint density at radius 3 is 2.76 bits per heavy atom. The molecule has 0 saturated heterocycles. The molecule has 4 rings (SSSR count). The van der Waals surface area contributed by atoms with E-state index in [2.05, 4.69) is 20.2 Å². The van der Waals surface area contributed by atoms with E-state index in [-0.39, 0.29) is 5.56 Å². The molecule has 0 aliphatic rings. The average Bonchev–Trinajstić information content (AvgIpc) is 3.14. The first kappa shape index (κ1) is 16.0. The lowest BCUT2D eigenvalue weighted by atomic mass is 10.1. The van der Waals surface area contributed by atoms with Crippen molar-refractivity contribution in [3.05, 3.63) is 62.5 Å². The van der Waals surface area contributed by atoms with E-state index in [0.29, 0.717) is 27.5 Å². The zero-order valence-electron chi connectivity index (χ0n) is 13.6. The highest BCUT2D eigenvalue weighted by molar-refractivity contribution is 7.17. The highest BCUT2D eigenvalue weighted by Crippen LogP contribution is 2.34. The largest absolute Gasteiger partial charge is 0.318 e. The van der Waals surface area contributed by atoms with E-state index >= 15 is 0 Å². The first-order valence-electron chi connectivity index (χ1n) is 7.64. The van der Waals surface area contributed by atoms with E-state index in [0.717, 1.165) is 22.8 Å². The van der Waals surface area contributed by atoms with Gasteiger partial charge in [-0.1, -0.05) is 29.8 Å². The molecule has 25 heavy (non-hydrogen) atoms. The fraction of sp³-hybridized carbons (Fsp3) is 0.176. The van der Waals surface area contributed by atoms with Gasteiger partial charge in [-0.15, -0.1) is 21.5 Å². The lowest BCUT2D eigenvalue weighted by molar-refractivity contribution is 0.777. The normalized spacial score (nSPS) is 11.3. The highest BCUT2D eigenvalue weighted by Gasteiger charge is 2.16. The molecule has 1 N–H and O–H groups in total. The predicted molar refractivity (Wildman–Crippen MR) is 99.2 cm³/mol. The van der Waals surface area contributed by atoms with Crippen molar-refractivity contribution in [1.82, 2.24) is 24.7 Å². The number of halogens is 1. The maximum absolute atomic E-state index is 12.7. The third-order valence-corrected chi connectivity index (χ3v) is 5.37. The van der Waals surface area contributed by atoms with Gasteiger partial charge in [0.05, 0.1) is 11.8 Å². The van der Waals surface area contributed by atoms with Gasteiger partial charge < -0.3 is 9.55 Å². The van der Waals surface area contributed by atoms with Gasteiger partial charge in [0, 0.05) is 28.6 Å². The van der Waals surface area contributed by atoms with Crippen molar-refractivity contribution in [2.45, 2.75) is 13.3 Å². The zero-order valence-corrected chi connectivity index (χ0v) is 15.1. The maximum atomic E-state index is 12.7. The van der Waals surface area contributed by atoms with Crippen molar-refractivity contribution in [2.75, 3.05) is 0 Å². The second kappa shape index (κ2) is 6.09. The monoisotopic (exact) mass is 371 g/mol. The van der Waals surface area contributed by atoms with Crippen LogP contribution in [0.1, 0.15) is 17.5 Å². The molecule has 0 bridgehead atoms. The molecule has 126 valence electrons. The molecule has 0 aliphatic carbocycles. The minimum Gasteiger partial charge on any atom is -0.318 e. The van der Waals surface area contributed by atoms with E-state index in [1.165, 1.54) is 11.3 Å². The van der Waals surface area contributed by atoms with Crippen LogP contribution >= 0.6 is 22.9 Å².